The van der Waals surface area contributed by atoms with Gasteiger partial charge in [0, 0.05) is 37.2 Å². The summed E-state index contributed by atoms with van der Waals surface area (Å²) < 4.78 is 0. The molecule has 0 atom stereocenters. The lowest BCUT2D eigenvalue weighted by Crippen LogP contribution is -2.29. The van der Waals surface area contributed by atoms with Crippen molar-refractivity contribution in [3.05, 3.63) is 22.8 Å². The summed E-state index contributed by atoms with van der Waals surface area (Å²) in [6, 6.07) is 0. The van der Waals surface area contributed by atoms with Crippen LogP contribution in [0.25, 0.3) is 0 Å². The van der Waals surface area contributed by atoms with Crippen LogP contribution in [0.5, 0.6) is 0 Å². The minimum absolute atomic E-state index is 0.132. The summed E-state index contributed by atoms with van der Waals surface area (Å²) in [5.41, 5.74) is 3.13. The van der Waals surface area contributed by atoms with Gasteiger partial charge in [-0.3, -0.25) is 4.79 Å². The Bertz CT molecular complexity index is 446. The molecule has 2 rings (SSSR count). The fraction of sp³-hybridized carbons (Fsp3) is 0.583. The number of rotatable bonds is 3. The van der Waals surface area contributed by atoms with Crippen LogP contribution in [0, 0.1) is 6.92 Å². The van der Waals surface area contributed by atoms with E-state index in [1.165, 1.54) is 0 Å². The van der Waals surface area contributed by atoms with E-state index in [4.69, 9.17) is 5.11 Å². The molecule has 5 heteroatoms. The Labute approximate surface area is 100 Å². The van der Waals surface area contributed by atoms with Gasteiger partial charge in [-0.1, -0.05) is 0 Å². The van der Waals surface area contributed by atoms with Gasteiger partial charge >= 0.3 is 5.97 Å². The van der Waals surface area contributed by atoms with Crippen LogP contribution in [0.15, 0.2) is 0 Å². The van der Waals surface area contributed by atoms with Crippen molar-refractivity contribution >= 4 is 5.97 Å². The highest BCUT2D eigenvalue weighted by Crippen LogP contribution is 2.20. The number of carboxylic acid groups (broad SMARTS) is 1. The van der Waals surface area contributed by atoms with Crippen molar-refractivity contribution in [1.29, 1.82) is 0 Å². The van der Waals surface area contributed by atoms with Crippen LogP contribution in [0.2, 0.25) is 0 Å². The number of nitrogens with zero attached hydrogens (tertiary/aromatic N) is 3. The molecule has 0 unspecified atom stereocenters. The fourth-order valence-corrected chi connectivity index (χ4v) is 2.18. The molecule has 92 valence electrons. The van der Waals surface area contributed by atoms with Gasteiger partial charge in [0.2, 0.25) is 0 Å². The SMILES string of the molecule is Cc1nc(CCC(=O)O)c2c(n1)CCN(C)C2. The fourth-order valence-electron chi connectivity index (χ4n) is 2.18. The van der Waals surface area contributed by atoms with Crippen molar-refractivity contribution in [2.24, 2.45) is 0 Å². The van der Waals surface area contributed by atoms with Crippen LogP contribution in [0.4, 0.5) is 0 Å². The summed E-state index contributed by atoms with van der Waals surface area (Å²) in [6.07, 6.45) is 1.55. The summed E-state index contributed by atoms with van der Waals surface area (Å²) in [5.74, 6) is -0.0344. The van der Waals surface area contributed by atoms with Gasteiger partial charge in [-0.25, -0.2) is 9.97 Å². The van der Waals surface area contributed by atoms with Gasteiger partial charge < -0.3 is 10.0 Å². The highest BCUT2D eigenvalue weighted by Gasteiger charge is 2.19. The van der Waals surface area contributed by atoms with E-state index in [9.17, 15) is 4.79 Å². The van der Waals surface area contributed by atoms with E-state index in [2.05, 4.69) is 21.9 Å². The van der Waals surface area contributed by atoms with Gasteiger partial charge in [-0.15, -0.1) is 0 Å². The first-order chi connectivity index (χ1) is 8.06. The molecule has 1 aliphatic heterocycles. The Balaban J connectivity index is 2.30. The lowest BCUT2D eigenvalue weighted by atomic mass is 10.0. The largest absolute Gasteiger partial charge is 0.481 e. The zero-order chi connectivity index (χ0) is 12.4. The van der Waals surface area contributed by atoms with Crippen molar-refractivity contribution in [3.63, 3.8) is 0 Å². The Morgan fingerprint density at radius 3 is 2.94 bits per heavy atom. The van der Waals surface area contributed by atoms with Gasteiger partial charge in [-0.2, -0.15) is 0 Å². The minimum Gasteiger partial charge on any atom is -0.481 e. The maximum absolute atomic E-state index is 10.6. The number of aromatic nitrogens is 2. The molecule has 0 fully saturated rings. The molecule has 5 nitrogen and oxygen atoms in total. The van der Waals surface area contributed by atoms with Crippen LogP contribution in [-0.2, 0) is 24.2 Å². The van der Waals surface area contributed by atoms with Crippen LogP contribution in [0.3, 0.4) is 0 Å². The van der Waals surface area contributed by atoms with Crippen molar-refractivity contribution < 1.29 is 9.90 Å². The first kappa shape index (κ1) is 12.0. The van der Waals surface area contributed by atoms with E-state index in [1.807, 2.05) is 6.92 Å². The first-order valence-corrected chi connectivity index (χ1v) is 5.82. The summed E-state index contributed by atoms with van der Waals surface area (Å²) in [7, 11) is 2.06. The van der Waals surface area contributed by atoms with E-state index in [1.54, 1.807) is 0 Å². The molecule has 0 aliphatic carbocycles. The summed E-state index contributed by atoms with van der Waals surface area (Å²) >= 11 is 0. The Hall–Kier alpha value is -1.49. The number of aryl methyl sites for hydroxylation is 2. The maximum Gasteiger partial charge on any atom is 0.303 e. The molecule has 0 spiro atoms. The summed E-state index contributed by atoms with van der Waals surface area (Å²) in [5, 5.41) is 8.75. The third kappa shape index (κ3) is 2.79. The number of carboxylic acids is 1. The van der Waals surface area contributed by atoms with Gasteiger partial charge in [0.25, 0.3) is 0 Å². The number of carbonyl (C=O) groups is 1. The predicted molar refractivity (Wildman–Crippen MR) is 62.8 cm³/mol. The lowest BCUT2D eigenvalue weighted by molar-refractivity contribution is -0.136. The molecule has 1 aromatic rings. The molecule has 2 heterocycles. The van der Waals surface area contributed by atoms with Crippen molar-refractivity contribution in [2.45, 2.75) is 32.7 Å². The molecular formula is C12H17N3O2. The van der Waals surface area contributed by atoms with Gasteiger partial charge in [-0.05, 0) is 14.0 Å². The predicted octanol–water partition coefficient (Wildman–Crippen LogP) is 0.790. The number of aliphatic carboxylic acids is 1. The molecule has 0 saturated carbocycles. The van der Waals surface area contributed by atoms with E-state index in [-0.39, 0.29) is 6.42 Å². The average Bonchev–Trinajstić information content (AvgIpc) is 2.26. The van der Waals surface area contributed by atoms with Crippen LogP contribution in [0.1, 0.15) is 29.2 Å². The normalized spacial score (nSPS) is 15.6. The van der Waals surface area contributed by atoms with Crippen LogP contribution >= 0.6 is 0 Å². The highest BCUT2D eigenvalue weighted by atomic mass is 16.4. The standard InChI is InChI=1S/C12H17N3O2/c1-8-13-10(3-4-12(16)17)9-7-15(2)6-5-11(9)14-8/h3-7H2,1-2H3,(H,16,17). The second-order valence-electron chi connectivity index (χ2n) is 4.52. The third-order valence-corrected chi connectivity index (χ3v) is 3.02. The van der Waals surface area contributed by atoms with Crippen molar-refractivity contribution in [3.8, 4) is 0 Å². The molecule has 0 radical (unpaired) electrons. The van der Waals surface area contributed by atoms with Crippen LogP contribution in [-0.4, -0.2) is 39.5 Å². The molecule has 17 heavy (non-hydrogen) atoms. The Morgan fingerprint density at radius 1 is 1.47 bits per heavy atom. The van der Waals surface area contributed by atoms with E-state index in [0.29, 0.717) is 6.42 Å². The van der Waals surface area contributed by atoms with Crippen molar-refractivity contribution in [2.75, 3.05) is 13.6 Å². The summed E-state index contributed by atoms with van der Waals surface area (Å²) in [6.45, 7) is 3.69. The molecule has 0 aromatic carbocycles. The first-order valence-electron chi connectivity index (χ1n) is 5.82. The number of hydrogen-bond donors (Lipinski definition) is 1. The molecule has 1 aliphatic rings. The molecule has 1 N–H and O–H groups in total. The van der Waals surface area contributed by atoms with Crippen LogP contribution < -0.4 is 0 Å². The topological polar surface area (TPSA) is 66.3 Å². The minimum atomic E-state index is -0.779. The molecular weight excluding hydrogens is 218 g/mol. The molecule has 1 aromatic heterocycles. The molecule has 0 amide bonds. The average molecular weight is 235 g/mol. The monoisotopic (exact) mass is 235 g/mol. The highest BCUT2D eigenvalue weighted by molar-refractivity contribution is 5.67. The number of hydrogen-bond acceptors (Lipinski definition) is 4. The molecule has 0 bridgehead atoms. The van der Waals surface area contributed by atoms with Gasteiger partial charge in [0.15, 0.2) is 0 Å². The Kier molecular flexibility index (Phi) is 3.38. The van der Waals surface area contributed by atoms with Crippen molar-refractivity contribution in [1.82, 2.24) is 14.9 Å². The smallest absolute Gasteiger partial charge is 0.303 e. The van der Waals surface area contributed by atoms with Gasteiger partial charge in [0.1, 0.15) is 5.82 Å². The van der Waals surface area contributed by atoms with E-state index >= 15 is 0 Å². The quantitative estimate of drug-likeness (QED) is 0.839. The maximum atomic E-state index is 10.6. The number of likely N-dealkylation sites (N-methyl/N-ethyl adjacent to an activating group) is 1. The third-order valence-electron chi connectivity index (χ3n) is 3.02. The second kappa shape index (κ2) is 4.79. The number of fused-ring (bicyclic) bond motifs is 1. The molecule has 0 saturated heterocycles. The summed E-state index contributed by atoms with van der Waals surface area (Å²) in [4.78, 5) is 21.7. The van der Waals surface area contributed by atoms with Gasteiger partial charge in [0.05, 0.1) is 12.1 Å². The zero-order valence-corrected chi connectivity index (χ0v) is 10.2. The lowest BCUT2D eigenvalue weighted by Gasteiger charge is -2.26. The van der Waals surface area contributed by atoms with E-state index in [0.717, 1.165) is 42.3 Å². The zero-order valence-electron chi connectivity index (χ0n) is 10.2. The Morgan fingerprint density at radius 2 is 2.24 bits per heavy atom. The second-order valence-corrected chi connectivity index (χ2v) is 4.52. The van der Waals surface area contributed by atoms with E-state index < -0.39 is 5.97 Å².